The minimum atomic E-state index is -3.57. The van der Waals surface area contributed by atoms with Crippen LogP contribution in [-0.4, -0.2) is 13.2 Å². The van der Waals surface area contributed by atoms with Gasteiger partial charge in [-0.3, -0.25) is 0 Å². The third-order valence-electron chi connectivity index (χ3n) is 4.59. The Labute approximate surface area is 115 Å². The van der Waals surface area contributed by atoms with Crippen molar-refractivity contribution in [2.24, 2.45) is 5.41 Å². The summed E-state index contributed by atoms with van der Waals surface area (Å²) in [6.45, 7) is 4.14. The normalized spacial score (nSPS) is 20.3. The molecule has 0 heterocycles. The number of nitriles is 1. The second-order valence-electron chi connectivity index (χ2n) is 5.48. The maximum atomic E-state index is 12.7. The van der Waals surface area contributed by atoms with E-state index in [0.29, 0.717) is 12.8 Å². The molecule has 1 fully saturated rings. The molecule has 3 nitrogen and oxygen atoms in total. The molecule has 0 aromatic heterocycles. The maximum absolute atomic E-state index is 12.7. The first kappa shape index (κ1) is 14.1. The molecule has 1 aliphatic rings. The Bertz CT molecular complexity index is 587. The molecule has 0 radical (unpaired) electrons. The molecule has 0 aliphatic heterocycles. The van der Waals surface area contributed by atoms with Crippen molar-refractivity contribution in [3.63, 3.8) is 0 Å². The molecule has 1 saturated carbocycles. The molecule has 0 amide bonds. The summed E-state index contributed by atoms with van der Waals surface area (Å²) in [4.78, 5) is 0.261. The van der Waals surface area contributed by atoms with Gasteiger partial charge in [0.2, 0.25) is 0 Å². The first-order chi connectivity index (χ1) is 8.95. The highest BCUT2D eigenvalue weighted by Gasteiger charge is 2.61. The van der Waals surface area contributed by atoms with E-state index < -0.39 is 14.6 Å². The van der Waals surface area contributed by atoms with Gasteiger partial charge in [0, 0.05) is 0 Å². The molecule has 0 unspecified atom stereocenters. The minimum absolute atomic E-state index is 0.0254. The lowest BCUT2D eigenvalue weighted by Gasteiger charge is -2.51. The second kappa shape index (κ2) is 4.64. The van der Waals surface area contributed by atoms with Gasteiger partial charge in [0.25, 0.3) is 0 Å². The van der Waals surface area contributed by atoms with Crippen molar-refractivity contribution in [2.75, 3.05) is 0 Å². The summed E-state index contributed by atoms with van der Waals surface area (Å²) in [5.74, 6) is 0. The van der Waals surface area contributed by atoms with E-state index in [1.807, 2.05) is 0 Å². The number of hydrogen-bond acceptors (Lipinski definition) is 3. The Morgan fingerprint density at radius 3 is 2.11 bits per heavy atom. The lowest BCUT2D eigenvalue weighted by molar-refractivity contribution is 0.0927. The molecule has 4 heteroatoms. The predicted octanol–water partition coefficient (Wildman–Crippen LogP) is 3.32. The third-order valence-corrected chi connectivity index (χ3v) is 6.89. The SMILES string of the molecule is CCC1(CC)CC(C#N)(S(=O)(=O)c2ccccc2)C1. The molecule has 102 valence electrons. The lowest BCUT2D eigenvalue weighted by Crippen LogP contribution is -2.55. The largest absolute Gasteiger partial charge is 0.222 e. The maximum Gasteiger partial charge on any atom is 0.197 e. The van der Waals surface area contributed by atoms with Crippen molar-refractivity contribution in [3.8, 4) is 6.07 Å². The molecule has 0 bridgehead atoms. The number of nitrogens with zero attached hydrogens (tertiary/aromatic N) is 1. The van der Waals surface area contributed by atoms with Gasteiger partial charge in [-0.2, -0.15) is 5.26 Å². The molecule has 1 aliphatic carbocycles. The van der Waals surface area contributed by atoms with Gasteiger partial charge in [0.05, 0.1) is 11.0 Å². The Balaban J connectivity index is 2.39. The van der Waals surface area contributed by atoms with Crippen molar-refractivity contribution in [1.29, 1.82) is 5.26 Å². The van der Waals surface area contributed by atoms with Gasteiger partial charge < -0.3 is 0 Å². The highest BCUT2D eigenvalue weighted by atomic mass is 32.2. The first-order valence-corrected chi connectivity index (χ1v) is 8.14. The molecule has 19 heavy (non-hydrogen) atoms. The van der Waals surface area contributed by atoms with Crippen molar-refractivity contribution in [3.05, 3.63) is 30.3 Å². The molecule has 1 aromatic carbocycles. The topological polar surface area (TPSA) is 57.9 Å². The first-order valence-electron chi connectivity index (χ1n) is 6.66. The van der Waals surface area contributed by atoms with Crippen molar-refractivity contribution >= 4 is 9.84 Å². The van der Waals surface area contributed by atoms with Gasteiger partial charge in [0.1, 0.15) is 0 Å². The van der Waals surface area contributed by atoms with Crippen molar-refractivity contribution in [1.82, 2.24) is 0 Å². The van der Waals surface area contributed by atoms with Crippen LogP contribution in [-0.2, 0) is 9.84 Å². The summed E-state index contributed by atoms with van der Waals surface area (Å²) in [6.07, 6.45) is 2.77. The van der Waals surface area contributed by atoms with E-state index in [-0.39, 0.29) is 10.3 Å². The van der Waals surface area contributed by atoms with E-state index in [1.54, 1.807) is 30.3 Å². The van der Waals surface area contributed by atoms with Crippen LogP contribution in [0.3, 0.4) is 0 Å². The Morgan fingerprint density at radius 1 is 1.16 bits per heavy atom. The summed E-state index contributed by atoms with van der Waals surface area (Å²) in [5, 5.41) is 9.43. The zero-order valence-corrected chi connectivity index (χ0v) is 12.2. The summed E-state index contributed by atoms with van der Waals surface area (Å²) in [6, 6.07) is 10.4. The van der Waals surface area contributed by atoms with Crippen LogP contribution >= 0.6 is 0 Å². The molecule has 0 spiro atoms. The standard InChI is InChI=1S/C15H19NO2S/c1-3-14(4-2)10-15(11-14,12-16)19(17,18)13-8-6-5-7-9-13/h5-9H,3-4,10-11H2,1-2H3. The summed E-state index contributed by atoms with van der Waals surface area (Å²) >= 11 is 0. The van der Waals surface area contributed by atoms with Crippen LogP contribution in [0, 0.1) is 16.7 Å². The molecule has 1 aromatic rings. The number of sulfone groups is 1. The molecule has 0 saturated heterocycles. The molecular formula is C15H19NO2S. The van der Waals surface area contributed by atoms with Crippen LogP contribution in [0.4, 0.5) is 0 Å². The Hall–Kier alpha value is -1.34. The van der Waals surface area contributed by atoms with E-state index in [9.17, 15) is 13.7 Å². The van der Waals surface area contributed by atoms with E-state index >= 15 is 0 Å². The fourth-order valence-electron chi connectivity index (χ4n) is 3.06. The second-order valence-corrected chi connectivity index (χ2v) is 7.74. The Morgan fingerprint density at radius 2 is 1.68 bits per heavy atom. The zero-order chi connectivity index (χ0) is 14.1. The predicted molar refractivity (Wildman–Crippen MR) is 74.2 cm³/mol. The minimum Gasteiger partial charge on any atom is -0.222 e. The van der Waals surface area contributed by atoms with Gasteiger partial charge in [-0.15, -0.1) is 0 Å². The molecular weight excluding hydrogens is 258 g/mol. The number of rotatable bonds is 4. The van der Waals surface area contributed by atoms with Crippen LogP contribution in [0.5, 0.6) is 0 Å². The molecule has 0 N–H and O–H groups in total. The van der Waals surface area contributed by atoms with Crippen LogP contribution in [0.25, 0.3) is 0 Å². The smallest absolute Gasteiger partial charge is 0.197 e. The fraction of sp³-hybridized carbons (Fsp3) is 0.533. The van der Waals surface area contributed by atoms with E-state index in [1.165, 1.54) is 0 Å². The fourth-order valence-corrected chi connectivity index (χ4v) is 5.14. The van der Waals surface area contributed by atoms with Crippen molar-refractivity contribution in [2.45, 2.75) is 49.2 Å². The highest BCUT2D eigenvalue weighted by molar-refractivity contribution is 7.93. The summed E-state index contributed by atoms with van der Waals surface area (Å²) in [5.41, 5.74) is 0.0254. The van der Waals surface area contributed by atoms with Crippen LogP contribution in [0.2, 0.25) is 0 Å². The number of benzene rings is 1. The lowest BCUT2D eigenvalue weighted by atomic mass is 9.59. The van der Waals surface area contributed by atoms with Crippen LogP contribution in [0.1, 0.15) is 39.5 Å². The number of hydrogen-bond donors (Lipinski definition) is 0. The average molecular weight is 277 g/mol. The van der Waals surface area contributed by atoms with Gasteiger partial charge in [-0.05, 0) is 30.4 Å². The molecule has 2 rings (SSSR count). The van der Waals surface area contributed by atoms with Crippen LogP contribution < -0.4 is 0 Å². The van der Waals surface area contributed by atoms with E-state index in [4.69, 9.17) is 0 Å². The van der Waals surface area contributed by atoms with Crippen LogP contribution in [0.15, 0.2) is 35.2 Å². The molecule has 0 atom stereocenters. The van der Waals surface area contributed by atoms with Gasteiger partial charge in [-0.25, -0.2) is 8.42 Å². The van der Waals surface area contributed by atoms with E-state index in [0.717, 1.165) is 12.8 Å². The highest BCUT2D eigenvalue weighted by Crippen LogP contribution is 2.57. The van der Waals surface area contributed by atoms with E-state index in [2.05, 4.69) is 19.9 Å². The van der Waals surface area contributed by atoms with Gasteiger partial charge >= 0.3 is 0 Å². The van der Waals surface area contributed by atoms with Gasteiger partial charge in [0.15, 0.2) is 14.6 Å². The summed E-state index contributed by atoms with van der Waals surface area (Å²) < 4.78 is 24.1. The van der Waals surface area contributed by atoms with Crippen molar-refractivity contribution < 1.29 is 8.42 Å². The van der Waals surface area contributed by atoms with Gasteiger partial charge in [-0.1, -0.05) is 44.9 Å². The zero-order valence-electron chi connectivity index (χ0n) is 11.4. The summed E-state index contributed by atoms with van der Waals surface area (Å²) in [7, 11) is -3.57. The quantitative estimate of drug-likeness (QED) is 0.848. The monoisotopic (exact) mass is 277 g/mol. The average Bonchev–Trinajstić information content (AvgIpc) is 2.40. The third kappa shape index (κ3) is 1.97. The Kier molecular flexibility index (Phi) is 3.44.